The van der Waals surface area contributed by atoms with E-state index >= 15 is 0 Å². The molecule has 2 amide bonds. The molecule has 1 fully saturated rings. The summed E-state index contributed by atoms with van der Waals surface area (Å²) >= 11 is 9.02. The van der Waals surface area contributed by atoms with Crippen LogP contribution in [0.25, 0.3) is 0 Å². The molecule has 13 nitrogen and oxygen atoms in total. The van der Waals surface area contributed by atoms with E-state index in [1.54, 1.807) is 0 Å². The van der Waals surface area contributed by atoms with Crippen LogP contribution in [0.4, 0.5) is 10.3 Å². The Labute approximate surface area is 196 Å². The third-order valence-corrected chi connectivity index (χ3v) is 7.83. The minimum absolute atomic E-state index is 0.0385. The normalized spacial score (nSPS) is 21.0. The smallest absolute Gasteiger partial charge is 0.353 e. The number of β-lactam (4-membered cyclic amide) rings is 1. The Kier molecular flexibility index (Phi) is 6.02. The fraction of sp³-hybridized carbons (Fsp3) is 0.333. The summed E-state index contributed by atoms with van der Waals surface area (Å²) in [5.74, 6) is -2.79. The highest BCUT2D eigenvalue weighted by molar-refractivity contribution is 8.04. The van der Waals surface area contributed by atoms with Crippen molar-refractivity contribution in [2.45, 2.75) is 35.3 Å². The Hall–Kier alpha value is -2.82. The van der Waals surface area contributed by atoms with E-state index in [0.717, 1.165) is 39.3 Å². The lowest BCUT2D eigenvalue weighted by Crippen LogP contribution is -2.71. The van der Waals surface area contributed by atoms with Crippen LogP contribution in [0.15, 0.2) is 20.1 Å². The summed E-state index contributed by atoms with van der Waals surface area (Å²) in [4.78, 5) is 54.0. The van der Waals surface area contributed by atoms with E-state index < -0.39 is 35.9 Å². The first kappa shape index (κ1) is 22.4. The third-order valence-electron chi connectivity index (χ3n) is 4.76. The van der Waals surface area contributed by atoms with E-state index in [1.165, 1.54) is 0 Å². The highest BCUT2D eigenvalue weighted by Crippen LogP contribution is 2.44. The molecule has 6 N–H and O–H groups in total. The van der Waals surface area contributed by atoms with Gasteiger partial charge in [-0.05, 0) is 18.0 Å². The summed E-state index contributed by atoms with van der Waals surface area (Å²) in [5.41, 5.74) is 10.8. The van der Waals surface area contributed by atoms with Crippen molar-refractivity contribution >= 4 is 74.1 Å². The molecule has 2 aliphatic heterocycles. The second kappa shape index (κ2) is 8.61. The number of thioether (sulfide) groups is 1. The number of thiazole rings is 1. The largest absolute Gasteiger partial charge is 0.477 e. The van der Waals surface area contributed by atoms with Crippen LogP contribution < -0.4 is 16.8 Å². The Bertz CT molecular complexity index is 1170. The molecule has 0 bridgehead atoms. The van der Waals surface area contributed by atoms with Gasteiger partial charge in [-0.25, -0.2) is 9.78 Å². The van der Waals surface area contributed by atoms with E-state index in [-0.39, 0.29) is 26.0 Å². The lowest BCUT2D eigenvalue weighted by Gasteiger charge is -2.50. The van der Waals surface area contributed by atoms with Gasteiger partial charge in [0.25, 0.3) is 11.8 Å². The van der Waals surface area contributed by atoms with Crippen molar-refractivity contribution in [3.63, 3.8) is 0 Å². The van der Waals surface area contributed by atoms with E-state index in [9.17, 15) is 24.4 Å². The van der Waals surface area contributed by atoms with Crippen LogP contribution in [-0.2, 0) is 14.4 Å². The maximum absolute atomic E-state index is 12.8. The van der Waals surface area contributed by atoms with Crippen LogP contribution >= 0.6 is 46.0 Å². The van der Waals surface area contributed by atoms with Gasteiger partial charge in [0.2, 0.25) is 11.2 Å². The zero-order chi connectivity index (χ0) is 23.2. The van der Waals surface area contributed by atoms with Crippen LogP contribution in [-0.4, -0.2) is 55.1 Å². The first-order valence-electron chi connectivity index (χ1n) is 8.82. The van der Waals surface area contributed by atoms with Gasteiger partial charge < -0.3 is 21.9 Å². The van der Waals surface area contributed by atoms with Gasteiger partial charge in [-0.2, -0.15) is 0 Å². The third kappa shape index (κ3) is 3.89. The molecule has 0 spiro atoms. The zero-order valence-electron chi connectivity index (χ0n) is 15.7. The number of carboxylic acid groups (broad SMARTS) is 1. The molecule has 2 aromatic rings. The Morgan fingerprint density at radius 2 is 2.06 bits per heavy atom. The fourth-order valence-corrected chi connectivity index (χ4v) is 6.28. The predicted octanol–water partition coefficient (Wildman–Crippen LogP) is 1.20. The molecule has 3 atom stereocenters. The molecular weight excluding hydrogens is 504 g/mol. The summed E-state index contributed by atoms with van der Waals surface area (Å²) in [7, 11) is 0. The summed E-state index contributed by atoms with van der Waals surface area (Å²) in [5, 5.41) is 22.8. The molecule has 0 saturated carbocycles. The number of anilines is 2. The molecule has 2 aliphatic rings. The van der Waals surface area contributed by atoms with Crippen LogP contribution in [0.3, 0.4) is 0 Å². The van der Waals surface area contributed by atoms with Gasteiger partial charge in [0.1, 0.15) is 21.8 Å². The monoisotopic (exact) mass is 516 g/mol. The number of halogens is 1. The number of hydrogen-bond donors (Lipinski definition) is 4. The molecule has 17 heteroatoms. The number of carbonyl (C=O) groups is 3. The van der Waals surface area contributed by atoms with Gasteiger partial charge in [0.05, 0.1) is 6.04 Å². The topological polar surface area (TPSA) is 207 Å². The Morgan fingerprint density at radius 1 is 1.31 bits per heavy atom. The molecule has 4 rings (SSSR count). The van der Waals surface area contributed by atoms with Gasteiger partial charge in [-0.1, -0.05) is 46.0 Å². The highest BCUT2D eigenvalue weighted by Gasteiger charge is 2.54. The van der Waals surface area contributed by atoms with Crippen LogP contribution in [0, 0.1) is 4.91 Å². The van der Waals surface area contributed by atoms with Crippen molar-refractivity contribution in [2.24, 2.45) is 5.18 Å². The molecule has 0 radical (unpaired) electrons. The average molecular weight is 517 g/mol. The predicted molar refractivity (Wildman–Crippen MR) is 117 cm³/mol. The molecule has 0 aliphatic carbocycles. The number of nitrogens with one attached hydrogen (secondary N) is 1. The number of aromatic nitrogens is 3. The number of fused-ring (bicyclic) bond motifs is 1. The second-order valence-corrected chi connectivity index (χ2v) is 10.6. The lowest BCUT2D eigenvalue weighted by molar-refractivity contribution is -0.156. The first-order valence-corrected chi connectivity index (χ1v) is 11.6. The van der Waals surface area contributed by atoms with Crippen LogP contribution in [0.2, 0.25) is 4.34 Å². The summed E-state index contributed by atoms with van der Waals surface area (Å²) in [6, 6.07) is -3.20. The van der Waals surface area contributed by atoms with E-state index in [0.29, 0.717) is 22.1 Å². The van der Waals surface area contributed by atoms with E-state index in [2.05, 4.69) is 25.7 Å². The van der Waals surface area contributed by atoms with Crippen molar-refractivity contribution in [2.75, 3.05) is 11.5 Å². The van der Waals surface area contributed by atoms with E-state index in [1.807, 2.05) is 0 Å². The number of carbonyl (C=O) groups excluding carboxylic acids is 2. The SMILES string of the molecule is Nc1nnc(SC2=C(C(=O)O)N3C(=O)[C@@H](NC(=O)C(N=O)c4nc(N)sc4Cl)[C@H]3CC2)s1. The number of nitrogens with two attached hydrogens (primary N) is 2. The molecule has 168 valence electrons. The molecular formula is C15H13ClN8O5S3. The quantitative estimate of drug-likeness (QED) is 0.303. The van der Waals surface area contributed by atoms with Crippen LogP contribution in [0.1, 0.15) is 24.6 Å². The summed E-state index contributed by atoms with van der Waals surface area (Å²) < 4.78 is 0.489. The first-order chi connectivity index (χ1) is 15.2. The summed E-state index contributed by atoms with van der Waals surface area (Å²) in [6.45, 7) is 0. The molecule has 1 saturated heterocycles. The van der Waals surface area contributed by atoms with Gasteiger partial charge in [0, 0.05) is 4.91 Å². The number of hydrogen-bond acceptors (Lipinski definition) is 13. The van der Waals surface area contributed by atoms with Crippen molar-refractivity contribution < 1.29 is 19.5 Å². The molecule has 2 aromatic heterocycles. The zero-order valence-corrected chi connectivity index (χ0v) is 18.9. The van der Waals surface area contributed by atoms with E-state index in [4.69, 9.17) is 23.1 Å². The number of aliphatic carboxylic acids is 1. The number of nitrogens with zero attached hydrogens (tertiary/aromatic N) is 5. The molecule has 1 unspecified atom stereocenters. The van der Waals surface area contributed by atoms with Crippen molar-refractivity contribution in [3.05, 3.63) is 25.5 Å². The van der Waals surface area contributed by atoms with Gasteiger partial charge in [0.15, 0.2) is 9.47 Å². The second-order valence-electron chi connectivity index (χ2n) is 6.60. The standard InChI is InChI=1S/C15H13ClN8O5S3/c16-9-6(20-13(17)31-9)7(23-29)10(25)19-5-3-1-2-4(30-15-22-21-14(18)32-15)8(12(27)28)24(3)11(5)26/h3,5,7H,1-2H2,(H2,17,20)(H2,18,21)(H,19,25)(H,27,28)/t3-,5+,7?/m1/s1. The Morgan fingerprint density at radius 3 is 2.62 bits per heavy atom. The number of nitrogen functional groups attached to an aromatic ring is 2. The van der Waals surface area contributed by atoms with Crippen molar-refractivity contribution in [3.8, 4) is 0 Å². The minimum atomic E-state index is -1.59. The molecule has 32 heavy (non-hydrogen) atoms. The average Bonchev–Trinajstić information content (AvgIpc) is 3.30. The van der Waals surface area contributed by atoms with Gasteiger partial charge in [-0.15, -0.1) is 15.1 Å². The van der Waals surface area contributed by atoms with Crippen molar-refractivity contribution in [1.82, 2.24) is 25.4 Å². The number of carboxylic acids is 1. The fourth-order valence-electron chi connectivity index (χ4n) is 3.45. The molecule has 4 heterocycles. The molecule has 0 aromatic carbocycles. The number of rotatable bonds is 7. The summed E-state index contributed by atoms with van der Waals surface area (Å²) in [6.07, 6.45) is 0.712. The minimum Gasteiger partial charge on any atom is -0.477 e. The maximum atomic E-state index is 12.8. The van der Waals surface area contributed by atoms with Gasteiger partial charge >= 0.3 is 5.97 Å². The Balaban J connectivity index is 1.52. The number of allylic oxidation sites excluding steroid dienone is 1. The number of amides is 2. The highest BCUT2D eigenvalue weighted by atomic mass is 35.5. The van der Waals surface area contributed by atoms with Crippen LogP contribution in [0.5, 0.6) is 0 Å². The lowest BCUT2D eigenvalue weighted by atomic mass is 9.86. The maximum Gasteiger partial charge on any atom is 0.353 e. The van der Waals surface area contributed by atoms with Gasteiger partial charge in [-0.3, -0.25) is 14.5 Å². The number of nitroso groups, excluding NO2 is 1. The van der Waals surface area contributed by atoms with Crippen molar-refractivity contribution in [1.29, 1.82) is 0 Å².